The van der Waals surface area contributed by atoms with Crippen LogP contribution in [0.3, 0.4) is 0 Å². The van der Waals surface area contributed by atoms with Gasteiger partial charge < -0.3 is 26.3 Å². The Balaban J connectivity index is 2.48. The molecular weight excluding hydrogens is 238 g/mol. The van der Waals surface area contributed by atoms with Crippen molar-refractivity contribution < 1.29 is 15.1 Å². The number of nitrogens with zero attached hydrogens (tertiary/aromatic N) is 1. The van der Waals surface area contributed by atoms with Gasteiger partial charge in [0.25, 0.3) is 0 Å². The fourth-order valence-electron chi connectivity index (χ4n) is 1.88. The van der Waals surface area contributed by atoms with E-state index in [1.165, 1.54) is 6.07 Å². The van der Waals surface area contributed by atoms with Crippen LogP contribution in [0.1, 0.15) is 5.56 Å². The second-order valence-corrected chi connectivity index (χ2v) is 3.94. The highest BCUT2D eigenvalue weighted by Crippen LogP contribution is 2.29. The first-order chi connectivity index (χ1) is 8.50. The molecule has 1 aromatic carbocycles. The molecule has 0 aliphatic heterocycles. The van der Waals surface area contributed by atoms with Crippen LogP contribution in [0.25, 0.3) is 10.9 Å². The molecule has 1 heterocycles. The van der Waals surface area contributed by atoms with E-state index < -0.39 is 12.0 Å². The number of rotatable bonds is 4. The first-order valence-corrected chi connectivity index (χ1v) is 5.24. The van der Waals surface area contributed by atoms with Crippen molar-refractivity contribution in [2.45, 2.75) is 12.5 Å². The number of carboxylic acid groups (broad SMARTS) is 1. The standard InChI is InChI=1S/C11H12N3O4/c12-7(11(15)16)4-6-5-13-8-2-1-3-9(10(6)8)14(17)18/h1-3,5,7,13,17H,4,12H2,(H,15,16)/q-1. The normalized spacial score (nSPS) is 12.6. The van der Waals surface area contributed by atoms with E-state index in [1.807, 2.05) is 0 Å². The van der Waals surface area contributed by atoms with Gasteiger partial charge in [0.1, 0.15) is 6.04 Å². The number of hydrogen-bond donors (Lipinski definition) is 4. The number of anilines is 1. The van der Waals surface area contributed by atoms with Crippen LogP contribution in [0, 0.1) is 5.21 Å². The molecule has 18 heavy (non-hydrogen) atoms. The van der Waals surface area contributed by atoms with Gasteiger partial charge >= 0.3 is 5.97 Å². The van der Waals surface area contributed by atoms with Crippen LogP contribution in [-0.4, -0.2) is 27.3 Å². The van der Waals surface area contributed by atoms with Gasteiger partial charge in [-0.15, -0.1) is 0 Å². The highest BCUT2D eigenvalue weighted by Gasteiger charge is 2.16. The molecule has 0 aliphatic carbocycles. The van der Waals surface area contributed by atoms with Crippen LogP contribution in [0.2, 0.25) is 0 Å². The van der Waals surface area contributed by atoms with E-state index in [-0.39, 0.29) is 17.3 Å². The second-order valence-electron chi connectivity index (χ2n) is 3.94. The maximum atomic E-state index is 11.0. The summed E-state index contributed by atoms with van der Waals surface area (Å²) in [5.74, 6) is -1.12. The first kappa shape index (κ1) is 12.4. The predicted octanol–water partition coefficient (Wildman–Crippen LogP) is 0.816. The topological polar surface area (TPSA) is 126 Å². The van der Waals surface area contributed by atoms with E-state index in [2.05, 4.69) is 4.98 Å². The smallest absolute Gasteiger partial charge is 0.320 e. The Morgan fingerprint density at radius 2 is 2.28 bits per heavy atom. The highest BCUT2D eigenvalue weighted by atomic mass is 16.8. The summed E-state index contributed by atoms with van der Waals surface area (Å²) in [7, 11) is 0. The molecule has 1 unspecified atom stereocenters. The fourth-order valence-corrected chi connectivity index (χ4v) is 1.88. The van der Waals surface area contributed by atoms with Gasteiger partial charge in [-0.25, -0.2) is 0 Å². The van der Waals surface area contributed by atoms with Gasteiger partial charge in [-0.2, -0.15) is 0 Å². The molecule has 7 nitrogen and oxygen atoms in total. The molecule has 5 N–H and O–H groups in total. The van der Waals surface area contributed by atoms with E-state index in [0.717, 1.165) is 0 Å². The zero-order valence-corrected chi connectivity index (χ0v) is 9.33. The fraction of sp³-hybridized carbons (Fsp3) is 0.182. The van der Waals surface area contributed by atoms with E-state index in [9.17, 15) is 10.0 Å². The van der Waals surface area contributed by atoms with Crippen LogP contribution in [0.4, 0.5) is 5.69 Å². The molecule has 96 valence electrons. The molecule has 0 bridgehead atoms. The Morgan fingerprint density at radius 3 is 2.89 bits per heavy atom. The van der Waals surface area contributed by atoms with Crippen LogP contribution in [0.15, 0.2) is 24.4 Å². The summed E-state index contributed by atoms with van der Waals surface area (Å²) in [6, 6.07) is 3.71. The molecule has 0 aliphatic rings. The Labute approximate surface area is 102 Å². The summed E-state index contributed by atoms with van der Waals surface area (Å²) in [4.78, 5) is 13.6. The number of hydrogen-bond acceptors (Lipinski definition) is 5. The van der Waals surface area contributed by atoms with Crippen molar-refractivity contribution in [1.82, 2.24) is 4.98 Å². The molecule has 0 saturated carbocycles. The van der Waals surface area contributed by atoms with Gasteiger partial charge in [-0.1, -0.05) is 6.07 Å². The first-order valence-electron chi connectivity index (χ1n) is 5.24. The van der Waals surface area contributed by atoms with Gasteiger partial charge in [-0.3, -0.25) is 10.0 Å². The minimum Gasteiger partial charge on any atom is -0.733 e. The lowest BCUT2D eigenvalue weighted by Crippen LogP contribution is -2.32. The van der Waals surface area contributed by atoms with E-state index in [4.69, 9.17) is 16.0 Å². The SMILES string of the molecule is NC(Cc1c[nH]c2cccc(N([O-])O)c12)C(=O)O. The maximum Gasteiger partial charge on any atom is 0.320 e. The number of aromatic amines is 1. The van der Waals surface area contributed by atoms with Crippen molar-refractivity contribution in [2.75, 3.05) is 5.23 Å². The summed E-state index contributed by atoms with van der Waals surface area (Å²) in [6.45, 7) is 0. The van der Waals surface area contributed by atoms with E-state index >= 15 is 0 Å². The molecule has 0 saturated heterocycles. The van der Waals surface area contributed by atoms with Gasteiger partial charge in [0.05, 0.1) is 5.69 Å². The van der Waals surface area contributed by atoms with Crippen molar-refractivity contribution >= 4 is 22.6 Å². The maximum absolute atomic E-state index is 11.0. The predicted molar refractivity (Wildman–Crippen MR) is 65.2 cm³/mol. The average molecular weight is 250 g/mol. The second kappa shape index (κ2) is 4.65. The van der Waals surface area contributed by atoms with Crippen molar-refractivity contribution in [3.63, 3.8) is 0 Å². The molecule has 0 amide bonds. The van der Waals surface area contributed by atoms with Gasteiger partial charge in [-0.05, 0) is 17.7 Å². The van der Waals surface area contributed by atoms with Crippen LogP contribution in [0.5, 0.6) is 0 Å². The number of aliphatic carboxylic acids is 1. The van der Waals surface area contributed by atoms with Crippen LogP contribution in [-0.2, 0) is 11.2 Å². The molecule has 0 spiro atoms. The number of aromatic nitrogens is 1. The number of carbonyl (C=O) groups is 1. The quantitative estimate of drug-likeness (QED) is 0.595. The van der Waals surface area contributed by atoms with Crippen LogP contribution < -0.4 is 11.0 Å². The summed E-state index contributed by atoms with van der Waals surface area (Å²) >= 11 is 0. The van der Waals surface area contributed by atoms with E-state index in [0.29, 0.717) is 16.5 Å². The molecule has 0 fully saturated rings. The number of fused-ring (bicyclic) bond motifs is 1. The number of nitrogens with two attached hydrogens (primary N) is 1. The molecular formula is C11H12N3O4-. The molecule has 1 aromatic heterocycles. The Morgan fingerprint density at radius 1 is 1.56 bits per heavy atom. The molecule has 2 rings (SSSR count). The molecule has 1 atom stereocenters. The van der Waals surface area contributed by atoms with Gasteiger partial charge in [0, 0.05) is 23.5 Å². The summed E-state index contributed by atoms with van der Waals surface area (Å²) in [6.07, 6.45) is 1.65. The number of nitrogens with one attached hydrogen (secondary N) is 1. The van der Waals surface area contributed by atoms with E-state index in [1.54, 1.807) is 18.3 Å². The van der Waals surface area contributed by atoms with Gasteiger partial charge in [0.2, 0.25) is 0 Å². The minimum absolute atomic E-state index is 0.0568. The van der Waals surface area contributed by atoms with Crippen molar-refractivity contribution in [3.8, 4) is 0 Å². The summed E-state index contributed by atoms with van der Waals surface area (Å²) in [5, 5.41) is 29.1. The van der Waals surface area contributed by atoms with Crippen LogP contribution >= 0.6 is 0 Å². The van der Waals surface area contributed by atoms with Gasteiger partial charge in [0.15, 0.2) is 0 Å². The highest BCUT2D eigenvalue weighted by molar-refractivity contribution is 5.95. The average Bonchev–Trinajstić information content (AvgIpc) is 2.72. The number of H-pyrrole nitrogens is 1. The van der Waals surface area contributed by atoms with Crippen molar-refractivity contribution in [3.05, 3.63) is 35.2 Å². The Hall–Kier alpha value is -2.09. The minimum atomic E-state index is -1.12. The zero-order chi connectivity index (χ0) is 13.3. The lowest BCUT2D eigenvalue weighted by Gasteiger charge is -2.23. The number of carboxylic acids is 1. The lowest BCUT2D eigenvalue weighted by molar-refractivity contribution is -0.138. The van der Waals surface area contributed by atoms with Crippen molar-refractivity contribution in [1.29, 1.82) is 0 Å². The third-order valence-electron chi connectivity index (χ3n) is 2.73. The lowest BCUT2D eigenvalue weighted by atomic mass is 10.0. The molecule has 7 heteroatoms. The zero-order valence-electron chi connectivity index (χ0n) is 9.33. The molecule has 2 aromatic rings. The largest absolute Gasteiger partial charge is 0.733 e. The number of benzene rings is 1. The van der Waals surface area contributed by atoms with Crippen molar-refractivity contribution in [2.24, 2.45) is 5.73 Å². The third-order valence-corrected chi connectivity index (χ3v) is 2.73. The monoisotopic (exact) mass is 250 g/mol. The third kappa shape index (κ3) is 2.14. The summed E-state index contributed by atoms with van der Waals surface area (Å²) < 4.78 is 0. The Kier molecular flexibility index (Phi) is 3.19. The molecule has 0 radical (unpaired) electrons. The summed E-state index contributed by atoms with van der Waals surface area (Å²) in [5.41, 5.74) is 6.72. The Bertz CT molecular complexity index is 579.